The Morgan fingerprint density at radius 2 is 1.84 bits per heavy atom. The second kappa shape index (κ2) is 6.75. The quantitative estimate of drug-likeness (QED) is 0.699. The van der Waals surface area contributed by atoms with Gasteiger partial charge in [-0.25, -0.2) is 4.79 Å². The van der Waals surface area contributed by atoms with Gasteiger partial charge in [-0.3, -0.25) is 9.59 Å². The fourth-order valence-corrected chi connectivity index (χ4v) is 1.56. The summed E-state index contributed by atoms with van der Waals surface area (Å²) < 4.78 is 0. The maximum atomic E-state index is 11.6. The van der Waals surface area contributed by atoms with Gasteiger partial charge >= 0.3 is 5.97 Å². The first-order valence-corrected chi connectivity index (χ1v) is 5.81. The highest BCUT2D eigenvalue weighted by Crippen LogP contribution is 2.10. The lowest BCUT2D eigenvalue weighted by atomic mass is 10.1. The predicted molar refractivity (Wildman–Crippen MR) is 68.5 cm³/mol. The van der Waals surface area contributed by atoms with Crippen LogP contribution in [-0.2, 0) is 20.8 Å². The van der Waals surface area contributed by atoms with Crippen molar-refractivity contribution in [3.8, 4) is 0 Å². The molecule has 0 aliphatic heterocycles. The molecule has 102 valence electrons. The van der Waals surface area contributed by atoms with E-state index < -0.39 is 30.2 Å². The van der Waals surface area contributed by atoms with E-state index in [0.717, 1.165) is 0 Å². The molecule has 7 heteroatoms. The zero-order valence-corrected chi connectivity index (χ0v) is 10.7. The van der Waals surface area contributed by atoms with Crippen LogP contribution in [0.25, 0.3) is 0 Å². The van der Waals surface area contributed by atoms with Crippen LogP contribution in [0, 0.1) is 0 Å². The lowest BCUT2D eigenvalue weighted by molar-refractivity contribution is -0.143. The smallest absolute Gasteiger partial charge is 0.326 e. The second-order valence-electron chi connectivity index (χ2n) is 3.93. The molecule has 1 rings (SSSR count). The molecule has 0 bridgehead atoms. The van der Waals surface area contributed by atoms with Gasteiger partial charge in [0, 0.05) is 5.02 Å². The van der Waals surface area contributed by atoms with E-state index in [-0.39, 0.29) is 6.42 Å². The fourth-order valence-electron chi connectivity index (χ4n) is 1.43. The van der Waals surface area contributed by atoms with E-state index in [9.17, 15) is 14.4 Å². The topological polar surface area (TPSA) is 109 Å². The van der Waals surface area contributed by atoms with Crippen molar-refractivity contribution in [2.24, 2.45) is 5.73 Å². The van der Waals surface area contributed by atoms with Crippen molar-refractivity contribution in [3.05, 3.63) is 34.9 Å². The van der Waals surface area contributed by atoms with Gasteiger partial charge in [0.05, 0.1) is 12.8 Å². The SMILES string of the molecule is NC(=O)CC(NC(=O)Cc1ccc(Cl)cc1)C(=O)O. The van der Waals surface area contributed by atoms with E-state index >= 15 is 0 Å². The molecule has 4 N–H and O–H groups in total. The van der Waals surface area contributed by atoms with Gasteiger partial charge in [-0.2, -0.15) is 0 Å². The Balaban J connectivity index is 2.59. The largest absolute Gasteiger partial charge is 0.480 e. The molecule has 0 spiro atoms. The summed E-state index contributed by atoms with van der Waals surface area (Å²) in [6.07, 6.45) is -0.443. The van der Waals surface area contributed by atoms with Gasteiger partial charge < -0.3 is 16.2 Å². The average molecular weight is 285 g/mol. The molecule has 0 saturated carbocycles. The van der Waals surface area contributed by atoms with E-state index in [1.807, 2.05) is 0 Å². The number of nitrogens with one attached hydrogen (secondary N) is 1. The van der Waals surface area contributed by atoms with Crippen LogP contribution in [0.1, 0.15) is 12.0 Å². The third-order valence-electron chi connectivity index (χ3n) is 2.32. The highest BCUT2D eigenvalue weighted by molar-refractivity contribution is 6.30. The van der Waals surface area contributed by atoms with Crippen LogP contribution >= 0.6 is 11.6 Å². The minimum absolute atomic E-state index is 0.000287. The van der Waals surface area contributed by atoms with Crippen molar-refractivity contribution in [1.82, 2.24) is 5.32 Å². The number of halogens is 1. The number of rotatable bonds is 6. The number of carboxylic acids is 1. The number of hydrogen-bond acceptors (Lipinski definition) is 3. The van der Waals surface area contributed by atoms with Crippen LogP contribution in [0.4, 0.5) is 0 Å². The van der Waals surface area contributed by atoms with Crippen LogP contribution in [0.3, 0.4) is 0 Å². The van der Waals surface area contributed by atoms with Crippen molar-refractivity contribution < 1.29 is 19.5 Å². The van der Waals surface area contributed by atoms with Crippen molar-refractivity contribution in [2.75, 3.05) is 0 Å². The number of carboxylic acid groups (broad SMARTS) is 1. The molecule has 0 aliphatic carbocycles. The normalized spacial score (nSPS) is 11.6. The van der Waals surface area contributed by atoms with Gasteiger partial charge in [0.2, 0.25) is 11.8 Å². The molecular formula is C12H13ClN2O4. The minimum Gasteiger partial charge on any atom is -0.480 e. The fraction of sp³-hybridized carbons (Fsp3) is 0.250. The molecule has 19 heavy (non-hydrogen) atoms. The summed E-state index contributed by atoms with van der Waals surface area (Å²) in [6, 6.07) is 5.26. The molecule has 0 saturated heterocycles. The number of carbonyl (C=O) groups excluding carboxylic acids is 2. The summed E-state index contributed by atoms with van der Waals surface area (Å²) in [5, 5.41) is 11.6. The second-order valence-corrected chi connectivity index (χ2v) is 4.37. The van der Waals surface area contributed by atoms with Gasteiger partial charge in [0.1, 0.15) is 6.04 Å². The van der Waals surface area contributed by atoms with Crippen molar-refractivity contribution >= 4 is 29.4 Å². The van der Waals surface area contributed by atoms with Crippen LogP contribution in [0.5, 0.6) is 0 Å². The van der Waals surface area contributed by atoms with Crippen LogP contribution in [0.2, 0.25) is 5.02 Å². The molecule has 1 aromatic carbocycles. The Labute approximate surface area is 114 Å². The van der Waals surface area contributed by atoms with Gasteiger partial charge in [0.15, 0.2) is 0 Å². The van der Waals surface area contributed by atoms with Crippen LogP contribution < -0.4 is 11.1 Å². The van der Waals surface area contributed by atoms with Gasteiger partial charge in [0.25, 0.3) is 0 Å². The number of primary amides is 1. The molecule has 1 aromatic rings. The standard InChI is InChI=1S/C12H13ClN2O4/c13-8-3-1-7(2-4-8)5-11(17)15-9(12(18)19)6-10(14)16/h1-4,9H,5-6H2,(H2,14,16)(H,15,17)(H,18,19). The van der Waals surface area contributed by atoms with E-state index in [1.165, 1.54) is 0 Å². The lowest BCUT2D eigenvalue weighted by Crippen LogP contribution is -2.43. The molecule has 1 unspecified atom stereocenters. The maximum Gasteiger partial charge on any atom is 0.326 e. The summed E-state index contributed by atoms with van der Waals surface area (Å²) in [5.41, 5.74) is 5.59. The van der Waals surface area contributed by atoms with Gasteiger partial charge in [-0.15, -0.1) is 0 Å². The molecule has 2 amide bonds. The monoisotopic (exact) mass is 284 g/mol. The summed E-state index contributed by atoms with van der Waals surface area (Å²) >= 11 is 5.70. The van der Waals surface area contributed by atoms with Crippen LogP contribution in [-0.4, -0.2) is 28.9 Å². The Morgan fingerprint density at radius 3 is 2.32 bits per heavy atom. The maximum absolute atomic E-state index is 11.6. The zero-order valence-electron chi connectivity index (χ0n) is 9.93. The van der Waals surface area contributed by atoms with Gasteiger partial charge in [-0.05, 0) is 17.7 Å². The molecule has 0 aromatic heterocycles. The average Bonchev–Trinajstić information content (AvgIpc) is 2.30. The Hall–Kier alpha value is -2.08. The van der Waals surface area contributed by atoms with E-state index in [2.05, 4.69) is 5.32 Å². The van der Waals surface area contributed by atoms with Gasteiger partial charge in [-0.1, -0.05) is 23.7 Å². The van der Waals surface area contributed by atoms with E-state index in [0.29, 0.717) is 10.6 Å². The summed E-state index contributed by atoms with van der Waals surface area (Å²) in [6.45, 7) is 0. The summed E-state index contributed by atoms with van der Waals surface area (Å²) in [4.78, 5) is 33.1. The van der Waals surface area contributed by atoms with Crippen molar-refractivity contribution in [2.45, 2.75) is 18.9 Å². The number of nitrogens with two attached hydrogens (primary N) is 1. The van der Waals surface area contributed by atoms with E-state index in [1.54, 1.807) is 24.3 Å². The Kier molecular flexibility index (Phi) is 5.32. The number of benzene rings is 1. The molecule has 0 radical (unpaired) electrons. The minimum atomic E-state index is -1.31. The summed E-state index contributed by atoms with van der Waals surface area (Å²) in [7, 11) is 0. The number of aliphatic carboxylic acids is 1. The third kappa shape index (κ3) is 5.39. The molecule has 1 atom stereocenters. The molecular weight excluding hydrogens is 272 g/mol. The Morgan fingerprint density at radius 1 is 1.26 bits per heavy atom. The predicted octanol–water partition coefficient (Wildman–Crippen LogP) is 0.327. The Bertz CT molecular complexity index is 487. The first-order valence-electron chi connectivity index (χ1n) is 5.43. The number of hydrogen-bond donors (Lipinski definition) is 3. The first kappa shape index (κ1) is 15.0. The number of carbonyl (C=O) groups is 3. The number of amides is 2. The molecule has 0 heterocycles. The first-order chi connectivity index (χ1) is 8.88. The van der Waals surface area contributed by atoms with Crippen LogP contribution in [0.15, 0.2) is 24.3 Å². The molecule has 6 nitrogen and oxygen atoms in total. The third-order valence-corrected chi connectivity index (χ3v) is 2.57. The molecule has 0 aliphatic rings. The van der Waals surface area contributed by atoms with E-state index in [4.69, 9.17) is 22.4 Å². The zero-order chi connectivity index (χ0) is 14.4. The van der Waals surface area contributed by atoms with Crippen molar-refractivity contribution in [1.29, 1.82) is 0 Å². The highest BCUT2D eigenvalue weighted by Gasteiger charge is 2.21. The molecule has 0 fully saturated rings. The highest BCUT2D eigenvalue weighted by atomic mass is 35.5. The summed E-state index contributed by atoms with van der Waals surface area (Å²) in [5.74, 6) is -2.60. The lowest BCUT2D eigenvalue weighted by Gasteiger charge is -2.12. The van der Waals surface area contributed by atoms with Crippen molar-refractivity contribution in [3.63, 3.8) is 0 Å².